The van der Waals surface area contributed by atoms with Gasteiger partial charge >= 0.3 is 0 Å². The molecule has 3 heterocycles. The highest BCUT2D eigenvalue weighted by Gasteiger charge is 2.45. The van der Waals surface area contributed by atoms with Crippen molar-refractivity contribution in [2.45, 2.75) is 18.5 Å². The lowest BCUT2D eigenvalue weighted by Gasteiger charge is -2.32. The molecule has 2 aliphatic rings. The van der Waals surface area contributed by atoms with Gasteiger partial charge in [-0.05, 0) is 43.5 Å². The summed E-state index contributed by atoms with van der Waals surface area (Å²) in [6, 6.07) is 19.7. The Morgan fingerprint density at radius 1 is 1.13 bits per heavy atom. The Balaban J connectivity index is 1.34. The van der Waals surface area contributed by atoms with Gasteiger partial charge < -0.3 is 9.64 Å². The van der Waals surface area contributed by atoms with E-state index >= 15 is 0 Å². The third-order valence-corrected chi connectivity index (χ3v) is 5.84. The molecule has 1 N–H and O–H groups in total. The second kappa shape index (κ2) is 7.76. The van der Waals surface area contributed by atoms with Crippen LogP contribution in [-0.4, -0.2) is 64.5 Å². The number of hydrogen-bond donors (Lipinski definition) is 1. The molecule has 2 atom stereocenters. The molecule has 2 aromatic carbocycles. The number of aromatic amines is 1. The third-order valence-electron chi connectivity index (χ3n) is 5.84. The van der Waals surface area contributed by atoms with Gasteiger partial charge in [0.1, 0.15) is 17.2 Å². The minimum Gasteiger partial charge on any atom is -0.457 e. The normalized spacial score (nSPS) is 20.5. The van der Waals surface area contributed by atoms with Crippen LogP contribution in [0.3, 0.4) is 0 Å². The number of fused-ring (bicyclic) bond motifs is 2. The molecule has 2 bridgehead atoms. The van der Waals surface area contributed by atoms with E-state index < -0.39 is 0 Å². The number of para-hydroxylation sites is 2. The number of benzene rings is 2. The molecule has 7 heteroatoms. The van der Waals surface area contributed by atoms with Crippen molar-refractivity contribution in [3.8, 4) is 22.8 Å². The van der Waals surface area contributed by atoms with Crippen LogP contribution >= 0.6 is 0 Å². The summed E-state index contributed by atoms with van der Waals surface area (Å²) in [6.45, 7) is 5.79. The van der Waals surface area contributed by atoms with Crippen molar-refractivity contribution in [1.29, 1.82) is 0 Å². The third kappa shape index (κ3) is 3.37. The van der Waals surface area contributed by atoms with E-state index in [-0.39, 0.29) is 11.9 Å². The number of hydrogen-bond acceptors (Lipinski definition) is 5. The molecule has 3 aromatic rings. The lowest BCUT2D eigenvalue weighted by Crippen LogP contribution is -2.48. The predicted molar refractivity (Wildman–Crippen MR) is 115 cm³/mol. The Bertz CT molecular complexity index is 1060. The van der Waals surface area contributed by atoms with E-state index in [1.807, 2.05) is 65.6 Å². The number of nitrogens with one attached hydrogen (secondary N) is 1. The largest absolute Gasteiger partial charge is 0.457 e. The lowest BCUT2D eigenvalue weighted by molar-refractivity contribution is 0.0622. The summed E-state index contributed by atoms with van der Waals surface area (Å²) >= 11 is 0. The molecule has 0 aliphatic carbocycles. The molecule has 0 saturated carbocycles. The Morgan fingerprint density at radius 3 is 2.70 bits per heavy atom. The fraction of sp³-hybridized carbons (Fsp3) is 0.261. The predicted octanol–water partition coefficient (Wildman–Crippen LogP) is 3.43. The molecule has 1 amide bonds. The van der Waals surface area contributed by atoms with E-state index in [9.17, 15) is 4.79 Å². The Hall–Kier alpha value is -3.45. The molecule has 0 radical (unpaired) electrons. The molecule has 152 valence electrons. The Morgan fingerprint density at radius 2 is 1.93 bits per heavy atom. The number of amides is 1. The molecule has 30 heavy (non-hydrogen) atoms. The van der Waals surface area contributed by atoms with E-state index in [0.717, 1.165) is 30.8 Å². The van der Waals surface area contributed by atoms with Crippen molar-refractivity contribution in [2.24, 2.45) is 4.99 Å². The van der Waals surface area contributed by atoms with Crippen LogP contribution < -0.4 is 4.74 Å². The SMILES string of the molecule is C=NCN1C[C@H]2C[C@@H]1CN2C(=O)c1cc(-c2ccccc2Oc2ccccc2)n[nH]1. The first-order valence-corrected chi connectivity index (χ1v) is 10.1. The number of ether oxygens (including phenoxy) is 1. The van der Waals surface area contributed by atoms with Crippen molar-refractivity contribution in [3.05, 3.63) is 66.4 Å². The van der Waals surface area contributed by atoms with Crippen LogP contribution in [0.1, 0.15) is 16.9 Å². The molecule has 1 aromatic heterocycles. The van der Waals surface area contributed by atoms with Gasteiger partial charge in [0.25, 0.3) is 5.91 Å². The number of rotatable bonds is 6. The average molecular weight is 401 g/mol. The zero-order valence-electron chi connectivity index (χ0n) is 16.6. The highest BCUT2D eigenvalue weighted by molar-refractivity contribution is 5.94. The summed E-state index contributed by atoms with van der Waals surface area (Å²) in [6.07, 6.45) is 0.996. The van der Waals surface area contributed by atoms with Crippen LogP contribution in [0.25, 0.3) is 11.3 Å². The van der Waals surface area contributed by atoms with Crippen molar-refractivity contribution >= 4 is 12.6 Å². The van der Waals surface area contributed by atoms with E-state index in [0.29, 0.717) is 29.8 Å². The number of aliphatic imine (C=N–C) groups is 1. The van der Waals surface area contributed by atoms with Gasteiger partial charge in [0.15, 0.2) is 0 Å². The summed E-state index contributed by atoms with van der Waals surface area (Å²) in [5.41, 5.74) is 2.02. The van der Waals surface area contributed by atoms with Crippen LogP contribution in [-0.2, 0) is 0 Å². The maximum absolute atomic E-state index is 13.1. The van der Waals surface area contributed by atoms with Crippen LogP contribution in [0, 0.1) is 0 Å². The second-order valence-corrected chi connectivity index (χ2v) is 7.72. The van der Waals surface area contributed by atoms with Crippen LogP contribution in [0.4, 0.5) is 0 Å². The summed E-state index contributed by atoms with van der Waals surface area (Å²) in [5.74, 6) is 1.44. The summed E-state index contributed by atoms with van der Waals surface area (Å²) in [7, 11) is 0. The first-order valence-electron chi connectivity index (χ1n) is 10.1. The van der Waals surface area contributed by atoms with Crippen molar-refractivity contribution in [1.82, 2.24) is 20.0 Å². The fourth-order valence-corrected chi connectivity index (χ4v) is 4.41. The number of H-pyrrole nitrogens is 1. The van der Waals surface area contributed by atoms with E-state index in [1.165, 1.54) is 0 Å². The molecule has 2 fully saturated rings. The summed E-state index contributed by atoms with van der Waals surface area (Å²) < 4.78 is 6.04. The maximum atomic E-state index is 13.1. The quantitative estimate of drug-likeness (QED) is 0.643. The van der Waals surface area contributed by atoms with Crippen LogP contribution in [0.5, 0.6) is 11.5 Å². The summed E-state index contributed by atoms with van der Waals surface area (Å²) in [5, 5.41) is 7.33. The zero-order chi connectivity index (χ0) is 20.5. The van der Waals surface area contributed by atoms with Gasteiger partial charge in [-0.3, -0.25) is 19.8 Å². The molecule has 0 spiro atoms. The molecular weight excluding hydrogens is 378 g/mol. The van der Waals surface area contributed by atoms with Gasteiger partial charge in [-0.2, -0.15) is 5.10 Å². The smallest absolute Gasteiger partial charge is 0.272 e. The number of nitrogens with zero attached hydrogens (tertiary/aromatic N) is 4. The van der Waals surface area contributed by atoms with Crippen molar-refractivity contribution in [2.75, 3.05) is 19.8 Å². The highest BCUT2D eigenvalue weighted by Crippen LogP contribution is 2.34. The topological polar surface area (TPSA) is 73.8 Å². The first kappa shape index (κ1) is 18.6. The Labute approximate surface area is 175 Å². The molecular formula is C23H23N5O2. The van der Waals surface area contributed by atoms with Gasteiger partial charge in [-0.25, -0.2) is 0 Å². The van der Waals surface area contributed by atoms with Gasteiger partial charge in [0.05, 0.1) is 12.4 Å². The van der Waals surface area contributed by atoms with Gasteiger partial charge in [-0.15, -0.1) is 0 Å². The maximum Gasteiger partial charge on any atom is 0.272 e. The van der Waals surface area contributed by atoms with E-state index in [2.05, 4.69) is 26.8 Å². The second-order valence-electron chi connectivity index (χ2n) is 7.72. The van der Waals surface area contributed by atoms with E-state index in [4.69, 9.17) is 4.74 Å². The standard InChI is InChI=1S/C23H23N5O2/c1-24-15-27-13-17-11-16(27)14-28(17)23(29)21-12-20(25-26-21)19-9-5-6-10-22(19)30-18-7-3-2-4-8-18/h2-10,12,16-17H,1,11,13-15H2,(H,25,26)/t16-,17-/m1/s1. The molecule has 0 unspecified atom stereocenters. The minimum absolute atomic E-state index is 0.00563. The van der Waals surface area contributed by atoms with E-state index in [1.54, 1.807) is 0 Å². The molecule has 7 nitrogen and oxygen atoms in total. The molecule has 2 aliphatic heterocycles. The average Bonchev–Trinajstić information content (AvgIpc) is 3.51. The number of piperazine rings is 1. The number of carbonyl (C=O) groups is 1. The van der Waals surface area contributed by atoms with Crippen LogP contribution in [0.2, 0.25) is 0 Å². The highest BCUT2D eigenvalue weighted by atomic mass is 16.5. The van der Waals surface area contributed by atoms with Crippen molar-refractivity contribution in [3.63, 3.8) is 0 Å². The fourth-order valence-electron chi connectivity index (χ4n) is 4.41. The Kier molecular flexibility index (Phi) is 4.80. The first-order chi connectivity index (χ1) is 14.7. The zero-order valence-corrected chi connectivity index (χ0v) is 16.6. The number of carbonyl (C=O) groups excluding carboxylic acids is 1. The molecule has 5 rings (SSSR count). The molecule has 2 saturated heterocycles. The van der Waals surface area contributed by atoms with Gasteiger partial charge in [-0.1, -0.05) is 30.3 Å². The number of aromatic nitrogens is 2. The summed E-state index contributed by atoms with van der Waals surface area (Å²) in [4.78, 5) is 21.3. The van der Waals surface area contributed by atoms with Crippen molar-refractivity contribution < 1.29 is 9.53 Å². The van der Waals surface area contributed by atoms with Gasteiger partial charge in [0.2, 0.25) is 0 Å². The van der Waals surface area contributed by atoms with Crippen LogP contribution in [0.15, 0.2) is 65.7 Å². The number of likely N-dealkylation sites (tertiary alicyclic amines) is 2. The monoisotopic (exact) mass is 401 g/mol. The van der Waals surface area contributed by atoms with Gasteiger partial charge in [0, 0.05) is 30.7 Å². The minimum atomic E-state index is -0.00563. The lowest BCUT2D eigenvalue weighted by atomic mass is 10.1.